The molecular formula is C27H26N8O2. The summed E-state index contributed by atoms with van der Waals surface area (Å²) < 4.78 is 4.36. The standard InChI is InChI=1S/C27H26N8O2/c1-2-3-14-33-23-24(31-26(33)32-13-7-8-21(29)18-32)35(22-9-5-4-6-10-22)27(37)34(25(23)36)17-20-16-30-12-11-19(20)15-28/h4-6,9-12,16,21H,7-8,13-14,17-18,29H2,1H3. The van der Waals surface area contributed by atoms with Crippen molar-refractivity contribution in [3.63, 3.8) is 0 Å². The molecular weight excluding hydrogens is 468 g/mol. The van der Waals surface area contributed by atoms with Gasteiger partial charge in [-0.15, -0.1) is 5.92 Å². The zero-order chi connectivity index (χ0) is 25.9. The highest BCUT2D eigenvalue weighted by Gasteiger charge is 2.27. The summed E-state index contributed by atoms with van der Waals surface area (Å²) in [4.78, 5) is 38.9. The second-order valence-corrected chi connectivity index (χ2v) is 8.93. The van der Waals surface area contributed by atoms with Crippen LogP contribution in [0.15, 0.2) is 58.4 Å². The van der Waals surface area contributed by atoms with Crippen LogP contribution >= 0.6 is 0 Å². The minimum atomic E-state index is -0.551. The minimum Gasteiger partial charge on any atom is -0.341 e. The number of benzene rings is 1. The highest BCUT2D eigenvalue weighted by molar-refractivity contribution is 5.77. The van der Waals surface area contributed by atoms with E-state index >= 15 is 0 Å². The van der Waals surface area contributed by atoms with Crippen LogP contribution in [0.1, 0.15) is 30.9 Å². The topological polar surface area (TPSA) is 128 Å². The Labute approximate surface area is 213 Å². The molecule has 186 valence electrons. The smallest absolute Gasteiger partial charge is 0.337 e. The first kappa shape index (κ1) is 24.0. The molecule has 4 heterocycles. The third-order valence-electron chi connectivity index (χ3n) is 6.53. The van der Waals surface area contributed by atoms with Gasteiger partial charge in [-0.05, 0) is 38.0 Å². The number of hydrogen-bond acceptors (Lipinski definition) is 7. The summed E-state index contributed by atoms with van der Waals surface area (Å²) in [6, 6.07) is 12.7. The summed E-state index contributed by atoms with van der Waals surface area (Å²) in [5, 5.41) is 9.56. The molecule has 1 atom stereocenters. The molecule has 37 heavy (non-hydrogen) atoms. The molecule has 3 aromatic heterocycles. The quantitative estimate of drug-likeness (QED) is 0.418. The molecule has 2 N–H and O–H groups in total. The molecule has 10 heteroatoms. The summed E-state index contributed by atoms with van der Waals surface area (Å²) >= 11 is 0. The molecule has 1 aliphatic heterocycles. The van der Waals surface area contributed by atoms with E-state index in [1.807, 2.05) is 18.2 Å². The first-order valence-electron chi connectivity index (χ1n) is 12.1. The van der Waals surface area contributed by atoms with E-state index < -0.39 is 11.2 Å². The highest BCUT2D eigenvalue weighted by atomic mass is 16.2. The lowest BCUT2D eigenvalue weighted by molar-refractivity contribution is 0.496. The molecule has 0 aliphatic carbocycles. The van der Waals surface area contributed by atoms with Crippen molar-refractivity contribution in [2.45, 2.75) is 38.9 Å². The second-order valence-electron chi connectivity index (χ2n) is 8.93. The van der Waals surface area contributed by atoms with Crippen LogP contribution in [0.3, 0.4) is 0 Å². The number of piperidine rings is 1. The SMILES string of the molecule is CC#CCn1c(N2CCCC(N)C2)nc2c1c(=O)n(Cc1cnccc1C#N)c(=O)n2-c1ccccc1. The number of aromatic nitrogens is 5. The third kappa shape index (κ3) is 4.39. The Hall–Kier alpha value is -4.67. The van der Waals surface area contributed by atoms with Crippen LogP contribution in [0.5, 0.6) is 0 Å². The van der Waals surface area contributed by atoms with Gasteiger partial charge in [0, 0.05) is 37.1 Å². The van der Waals surface area contributed by atoms with E-state index in [0.717, 1.165) is 24.0 Å². The van der Waals surface area contributed by atoms with Gasteiger partial charge in [0.1, 0.15) is 0 Å². The van der Waals surface area contributed by atoms with Gasteiger partial charge in [0.15, 0.2) is 11.2 Å². The number of nitriles is 1. The summed E-state index contributed by atoms with van der Waals surface area (Å²) in [6.07, 6.45) is 4.82. The number of hydrogen-bond donors (Lipinski definition) is 1. The number of nitrogens with zero attached hydrogens (tertiary/aromatic N) is 7. The summed E-state index contributed by atoms with van der Waals surface area (Å²) in [6.45, 7) is 3.19. The van der Waals surface area contributed by atoms with Crippen molar-refractivity contribution >= 4 is 17.1 Å². The minimum absolute atomic E-state index is 0.0118. The first-order valence-corrected chi connectivity index (χ1v) is 12.1. The largest absolute Gasteiger partial charge is 0.341 e. The van der Waals surface area contributed by atoms with Crippen molar-refractivity contribution < 1.29 is 0 Å². The van der Waals surface area contributed by atoms with Crippen LogP contribution in [0.2, 0.25) is 0 Å². The number of pyridine rings is 1. The van der Waals surface area contributed by atoms with Crippen LogP contribution < -0.4 is 21.9 Å². The molecule has 0 bridgehead atoms. The lowest BCUT2D eigenvalue weighted by atomic mass is 10.1. The zero-order valence-electron chi connectivity index (χ0n) is 20.5. The van der Waals surface area contributed by atoms with Crippen molar-refractivity contribution in [3.05, 3.63) is 80.8 Å². The van der Waals surface area contributed by atoms with Crippen LogP contribution in [-0.2, 0) is 13.1 Å². The molecule has 1 aromatic carbocycles. The predicted octanol–water partition coefficient (Wildman–Crippen LogP) is 1.61. The molecule has 10 nitrogen and oxygen atoms in total. The van der Waals surface area contributed by atoms with Crippen LogP contribution in [-0.4, -0.2) is 42.8 Å². The second kappa shape index (κ2) is 10.1. The van der Waals surface area contributed by atoms with E-state index in [1.54, 1.807) is 29.7 Å². The number of anilines is 1. The van der Waals surface area contributed by atoms with Crippen molar-refractivity contribution in [2.75, 3.05) is 18.0 Å². The van der Waals surface area contributed by atoms with Crippen molar-refractivity contribution in [1.82, 2.24) is 23.7 Å². The summed E-state index contributed by atoms with van der Waals surface area (Å²) in [7, 11) is 0. The molecule has 1 fully saturated rings. The van der Waals surface area contributed by atoms with E-state index in [9.17, 15) is 14.9 Å². The Morgan fingerprint density at radius 1 is 1.16 bits per heavy atom. The number of para-hydroxylation sites is 1. The van der Waals surface area contributed by atoms with E-state index in [2.05, 4.69) is 27.8 Å². The lowest BCUT2D eigenvalue weighted by Gasteiger charge is -2.31. The Bertz CT molecular complexity index is 1680. The van der Waals surface area contributed by atoms with Crippen LogP contribution in [0, 0.1) is 23.2 Å². The molecule has 4 aromatic rings. The van der Waals surface area contributed by atoms with Gasteiger partial charge in [-0.3, -0.25) is 18.9 Å². The third-order valence-corrected chi connectivity index (χ3v) is 6.53. The summed E-state index contributed by atoms with van der Waals surface area (Å²) in [5.41, 5.74) is 7.13. The predicted molar refractivity (Wildman–Crippen MR) is 141 cm³/mol. The Morgan fingerprint density at radius 2 is 1.97 bits per heavy atom. The first-order chi connectivity index (χ1) is 18.0. The number of nitrogens with two attached hydrogens (primary N) is 1. The number of imidazole rings is 1. The van der Waals surface area contributed by atoms with Crippen LogP contribution in [0.25, 0.3) is 16.9 Å². The van der Waals surface area contributed by atoms with Crippen LogP contribution in [0.4, 0.5) is 5.95 Å². The number of rotatable bonds is 5. The van der Waals surface area contributed by atoms with Gasteiger partial charge >= 0.3 is 5.69 Å². The van der Waals surface area contributed by atoms with Gasteiger partial charge in [0.05, 0.1) is 30.4 Å². The fourth-order valence-electron chi connectivity index (χ4n) is 4.74. The zero-order valence-corrected chi connectivity index (χ0v) is 20.5. The van der Waals surface area contributed by atoms with Gasteiger partial charge in [-0.1, -0.05) is 24.1 Å². The van der Waals surface area contributed by atoms with E-state index in [4.69, 9.17) is 10.7 Å². The van der Waals surface area contributed by atoms with Gasteiger partial charge in [0.2, 0.25) is 5.95 Å². The van der Waals surface area contributed by atoms with E-state index in [0.29, 0.717) is 29.3 Å². The highest BCUT2D eigenvalue weighted by Crippen LogP contribution is 2.24. The number of fused-ring (bicyclic) bond motifs is 1. The van der Waals surface area contributed by atoms with Crippen molar-refractivity contribution in [2.24, 2.45) is 5.73 Å². The maximum Gasteiger partial charge on any atom is 0.337 e. The van der Waals surface area contributed by atoms with Gasteiger partial charge in [-0.2, -0.15) is 10.2 Å². The lowest BCUT2D eigenvalue weighted by Crippen LogP contribution is -2.44. The summed E-state index contributed by atoms with van der Waals surface area (Å²) in [5.74, 6) is 6.50. The van der Waals surface area contributed by atoms with Crippen molar-refractivity contribution in [1.29, 1.82) is 5.26 Å². The Balaban J connectivity index is 1.84. The van der Waals surface area contributed by atoms with Gasteiger partial charge < -0.3 is 10.6 Å². The molecule has 0 amide bonds. The molecule has 5 rings (SSSR count). The van der Waals surface area contributed by atoms with E-state index in [1.165, 1.54) is 17.0 Å². The molecule has 0 radical (unpaired) electrons. The maximum atomic E-state index is 14.0. The molecule has 1 aliphatic rings. The van der Waals surface area contributed by atoms with Gasteiger partial charge in [-0.25, -0.2) is 9.36 Å². The monoisotopic (exact) mass is 494 g/mol. The van der Waals surface area contributed by atoms with Gasteiger partial charge in [0.25, 0.3) is 5.56 Å². The Kier molecular flexibility index (Phi) is 6.59. The van der Waals surface area contributed by atoms with Crippen molar-refractivity contribution in [3.8, 4) is 23.6 Å². The molecule has 0 saturated carbocycles. The average Bonchev–Trinajstić information content (AvgIpc) is 3.30. The Morgan fingerprint density at radius 3 is 2.70 bits per heavy atom. The molecule has 1 saturated heterocycles. The van der Waals surface area contributed by atoms with E-state index in [-0.39, 0.29) is 30.3 Å². The maximum absolute atomic E-state index is 14.0. The fraction of sp³-hybridized carbons (Fsp3) is 0.296. The molecule has 0 spiro atoms. The fourth-order valence-corrected chi connectivity index (χ4v) is 4.74. The normalized spacial score (nSPS) is 15.3. The average molecular weight is 495 g/mol. The molecule has 1 unspecified atom stereocenters.